The molecule has 0 radical (unpaired) electrons. The summed E-state index contributed by atoms with van der Waals surface area (Å²) in [6.07, 6.45) is 4.60. The zero-order chi connectivity index (χ0) is 24.8. The van der Waals surface area contributed by atoms with Gasteiger partial charge in [0.05, 0.1) is 12.8 Å². The minimum absolute atomic E-state index is 0.153. The van der Waals surface area contributed by atoms with E-state index in [1.54, 1.807) is 19.2 Å². The fourth-order valence-corrected chi connectivity index (χ4v) is 4.48. The highest BCUT2D eigenvalue weighted by molar-refractivity contribution is 6.01. The number of methoxy groups -OCH3 is 1. The largest absolute Gasteiger partial charge is 0.495 e. The first-order chi connectivity index (χ1) is 17.0. The molecule has 2 amide bonds. The number of carbonyl (C=O) groups excluding carboxylic acids is 2. The van der Waals surface area contributed by atoms with E-state index in [4.69, 9.17) is 4.74 Å². The lowest BCUT2D eigenvalue weighted by molar-refractivity contribution is -0.127. The number of aryl methyl sites for hydroxylation is 1. The van der Waals surface area contributed by atoms with Gasteiger partial charge in [-0.05, 0) is 43.5 Å². The summed E-state index contributed by atoms with van der Waals surface area (Å²) in [7, 11) is 1.55. The van der Waals surface area contributed by atoms with E-state index in [0.717, 1.165) is 36.8 Å². The van der Waals surface area contributed by atoms with Gasteiger partial charge in [-0.25, -0.2) is 0 Å². The van der Waals surface area contributed by atoms with Crippen molar-refractivity contribution in [3.63, 3.8) is 0 Å². The number of nitrogens with zero attached hydrogens (tertiary/aromatic N) is 5. The van der Waals surface area contributed by atoms with Gasteiger partial charge in [-0.2, -0.15) is 4.80 Å². The molecule has 1 atom stereocenters. The van der Waals surface area contributed by atoms with E-state index in [-0.39, 0.29) is 24.4 Å². The normalized spacial score (nSPS) is 14.5. The Balaban J connectivity index is 1.60. The molecule has 1 heterocycles. The molecule has 3 aromatic rings. The zero-order valence-electron chi connectivity index (χ0n) is 20.5. The van der Waals surface area contributed by atoms with Crippen LogP contribution in [0.25, 0.3) is 11.4 Å². The number of hydrogen-bond donors (Lipinski definition) is 1. The second-order valence-electron chi connectivity index (χ2n) is 8.86. The predicted octanol–water partition coefficient (Wildman–Crippen LogP) is 3.53. The summed E-state index contributed by atoms with van der Waals surface area (Å²) in [5.41, 5.74) is 2.48. The summed E-state index contributed by atoms with van der Waals surface area (Å²) in [4.78, 5) is 29.8. The van der Waals surface area contributed by atoms with Crippen molar-refractivity contribution >= 4 is 17.5 Å². The third-order valence-electron chi connectivity index (χ3n) is 6.36. The minimum Gasteiger partial charge on any atom is -0.495 e. The van der Waals surface area contributed by atoms with Crippen LogP contribution in [0.4, 0.5) is 5.69 Å². The Kier molecular flexibility index (Phi) is 7.74. The Hall–Kier alpha value is -3.75. The number of anilines is 1. The van der Waals surface area contributed by atoms with Gasteiger partial charge in [0.1, 0.15) is 18.3 Å². The molecule has 1 N–H and O–H groups in total. The third-order valence-corrected chi connectivity index (χ3v) is 6.36. The van der Waals surface area contributed by atoms with Crippen LogP contribution >= 0.6 is 0 Å². The highest BCUT2D eigenvalue weighted by Gasteiger charge is 2.33. The highest BCUT2D eigenvalue weighted by atomic mass is 16.5. The molecule has 1 aromatic heterocycles. The van der Waals surface area contributed by atoms with Crippen molar-refractivity contribution in [2.24, 2.45) is 0 Å². The molecule has 184 valence electrons. The van der Waals surface area contributed by atoms with Gasteiger partial charge in [0, 0.05) is 11.6 Å². The van der Waals surface area contributed by atoms with Gasteiger partial charge in [-0.3, -0.25) is 14.5 Å². The number of ether oxygens (including phenoxy) is 1. The molecule has 0 aliphatic heterocycles. The van der Waals surface area contributed by atoms with Crippen LogP contribution in [0.2, 0.25) is 0 Å². The Labute approximate surface area is 205 Å². The van der Waals surface area contributed by atoms with Crippen LogP contribution in [0, 0.1) is 6.92 Å². The SMILES string of the molecule is CC[C@H](C(=O)NC1CCCC1)N(C(=O)Cn1nnc(-c2ccc(C)cc2)n1)c1ccccc1OC. The number of aromatic nitrogens is 4. The predicted molar refractivity (Wildman–Crippen MR) is 133 cm³/mol. The van der Waals surface area contributed by atoms with Crippen LogP contribution in [0.3, 0.4) is 0 Å². The van der Waals surface area contributed by atoms with Crippen LogP contribution in [0.1, 0.15) is 44.6 Å². The molecule has 0 bridgehead atoms. The van der Waals surface area contributed by atoms with Crippen LogP contribution in [0.5, 0.6) is 5.75 Å². The van der Waals surface area contributed by atoms with E-state index >= 15 is 0 Å². The summed E-state index contributed by atoms with van der Waals surface area (Å²) in [5, 5.41) is 15.7. The van der Waals surface area contributed by atoms with Crippen molar-refractivity contribution in [2.75, 3.05) is 12.0 Å². The molecule has 0 spiro atoms. The molecule has 2 aromatic carbocycles. The molecule has 1 aliphatic carbocycles. The van der Waals surface area contributed by atoms with Gasteiger partial charge in [0.2, 0.25) is 11.7 Å². The van der Waals surface area contributed by atoms with E-state index in [0.29, 0.717) is 23.7 Å². The minimum atomic E-state index is -0.695. The van der Waals surface area contributed by atoms with E-state index in [9.17, 15) is 9.59 Å². The van der Waals surface area contributed by atoms with E-state index in [2.05, 4.69) is 20.7 Å². The molecule has 1 fully saturated rings. The third kappa shape index (κ3) is 5.67. The quantitative estimate of drug-likeness (QED) is 0.507. The van der Waals surface area contributed by atoms with Gasteiger partial charge in [0.25, 0.3) is 5.91 Å². The lowest BCUT2D eigenvalue weighted by Crippen LogP contribution is -2.52. The number of hydrogen-bond acceptors (Lipinski definition) is 6. The number of carbonyl (C=O) groups is 2. The van der Waals surface area contributed by atoms with Crippen molar-refractivity contribution in [2.45, 2.75) is 64.6 Å². The number of benzene rings is 2. The number of rotatable bonds is 9. The fraction of sp³-hybridized carbons (Fsp3) is 0.423. The average molecular weight is 477 g/mol. The first-order valence-corrected chi connectivity index (χ1v) is 12.1. The molecule has 4 rings (SSSR count). The van der Waals surface area contributed by atoms with Crippen molar-refractivity contribution in [3.05, 3.63) is 54.1 Å². The second-order valence-corrected chi connectivity index (χ2v) is 8.86. The number of para-hydroxylation sites is 2. The first-order valence-electron chi connectivity index (χ1n) is 12.1. The maximum Gasteiger partial charge on any atom is 0.251 e. The number of nitrogens with one attached hydrogen (secondary N) is 1. The lowest BCUT2D eigenvalue weighted by Gasteiger charge is -2.32. The average Bonchev–Trinajstić information content (AvgIpc) is 3.55. The summed E-state index contributed by atoms with van der Waals surface area (Å²) in [5.74, 6) is 0.467. The lowest BCUT2D eigenvalue weighted by atomic mass is 10.1. The van der Waals surface area contributed by atoms with Crippen LogP contribution in [-0.2, 0) is 16.1 Å². The van der Waals surface area contributed by atoms with Gasteiger partial charge >= 0.3 is 0 Å². The van der Waals surface area contributed by atoms with E-state index < -0.39 is 6.04 Å². The van der Waals surface area contributed by atoms with Crippen molar-refractivity contribution in [1.82, 2.24) is 25.5 Å². The smallest absolute Gasteiger partial charge is 0.251 e. The molecular formula is C26H32N6O3. The topological polar surface area (TPSA) is 102 Å². The van der Waals surface area contributed by atoms with E-state index in [1.165, 1.54) is 9.70 Å². The maximum absolute atomic E-state index is 13.7. The fourth-order valence-electron chi connectivity index (χ4n) is 4.48. The Morgan fingerprint density at radius 1 is 1.14 bits per heavy atom. The molecule has 1 aliphatic rings. The molecule has 1 saturated carbocycles. The number of amides is 2. The van der Waals surface area contributed by atoms with Crippen LogP contribution in [0.15, 0.2) is 48.5 Å². The molecule has 0 unspecified atom stereocenters. The van der Waals surface area contributed by atoms with Crippen molar-refractivity contribution in [3.8, 4) is 17.1 Å². The molecule has 9 nitrogen and oxygen atoms in total. The summed E-state index contributed by atoms with van der Waals surface area (Å²) in [6, 6.07) is 14.5. The monoisotopic (exact) mass is 476 g/mol. The zero-order valence-corrected chi connectivity index (χ0v) is 20.5. The maximum atomic E-state index is 13.7. The Morgan fingerprint density at radius 2 is 1.86 bits per heavy atom. The first kappa shape index (κ1) is 24.4. The standard InChI is InChI=1S/C26H32N6O3/c1-4-21(26(34)27-20-9-5-6-10-20)32(22-11-7-8-12-23(22)35-3)24(33)17-31-29-25(28-30-31)19-15-13-18(2)14-16-19/h7-8,11-16,20-21H,4-6,9-10,17H2,1-3H3,(H,27,34)/t21-/m1/s1. The molecular weight excluding hydrogens is 444 g/mol. The van der Waals surface area contributed by atoms with Crippen molar-refractivity contribution < 1.29 is 14.3 Å². The number of tetrazole rings is 1. The Morgan fingerprint density at radius 3 is 2.54 bits per heavy atom. The molecule has 9 heteroatoms. The van der Waals surface area contributed by atoms with Gasteiger partial charge in [-0.15, -0.1) is 10.2 Å². The second kappa shape index (κ2) is 11.1. The molecule has 0 saturated heterocycles. The highest BCUT2D eigenvalue weighted by Crippen LogP contribution is 2.31. The van der Waals surface area contributed by atoms with E-state index in [1.807, 2.05) is 50.2 Å². The van der Waals surface area contributed by atoms with Gasteiger partial charge < -0.3 is 10.1 Å². The summed E-state index contributed by atoms with van der Waals surface area (Å²) >= 11 is 0. The molecule has 35 heavy (non-hydrogen) atoms. The van der Waals surface area contributed by atoms with Crippen LogP contribution < -0.4 is 15.0 Å². The van der Waals surface area contributed by atoms with Crippen LogP contribution in [-0.4, -0.2) is 51.2 Å². The summed E-state index contributed by atoms with van der Waals surface area (Å²) in [6.45, 7) is 3.74. The van der Waals surface area contributed by atoms with Gasteiger partial charge in [0.15, 0.2) is 0 Å². The Bertz CT molecular complexity index is 1150. The van der Waals surface area contributed by atoms with Crippen molar-refractivity contribution in [1.29, 1.82) is 0 Å². The van der Waals surface area contributed by atoms with Gasteiger partial charge in [-0.1, -0.05) is 61.7 Å². The summed E-state index contributed by atoms with van der Waals surface area (Å²) < 4.78 is 5.53.